The molecular weight excluding hydrogens is 254 g/mol. The summed E-state index contributed by atoms with van der Waals surface area (Å²) in [6, 6.07) is 19.7. The zero-order valence-electron chi connectivity index (χ0n) is 9.54. The average molecular weight is 268 g/mol. The summed E-state index contributed by atoms with van der Waals surface area (Å²) in [6.07, 6.45) is 0. The predicted octanol–water partition coefficient (Wildman–Crippen LogP) is 1.95. The fourth-order valence-electron chi connectivity index (χ4n) is 1.51. The average Bonchev–Trinajstić information content (AvgIpc) is 2.38. The van der Waals surface area contributed by atoms with Gasteiger partial charge in [0.15, 0.2) is 8.15 Å². The minimum absolute atomic E-state index is 0. The summed E-state index contributed by atoms with van der Waals surface area (Å²) in [4.78, 5) is 11.2. The second-order valence-corrected chi connectivity index (χ2v) is 5.35. The molecule has 0 heterocycles. The van der Waals surface area contributed by atoms with Gasteiger partial charge in [-0.25, -0.2) is 0 Å². The number of hydrogen-bond acceptors (Lipinski definition) is 2. The quantitative estimate of drug-likeness (QED) is 0.628. The maximum atomic E-state index is 11.2. The molecule has 0 saturated heterocycles. The van der Waals surface area contributed by atoms with Crippen LogP contribution in [0.3, 0.4) is 0 Å². The summed E-state index contributed by atoms with van der Waals surface area (Å²) >= 11 is 0. The van der Waals surface area contributed by atoms with Crippen LogP contribution in [0.15, 0.2) is 60.7 Å². The van der Waals surface area contributed by atoms with Gasteiger partial charge in [0.05, 0.1) is 0 Å². The third-order valence-electron chi connectivity index (χ3n) is 2.20. The van der Waals surface area contributed by atoms with Crippen molar-refractivity contribution < 1.29 is 9.32 Å². The molecule has 0 N–H and O–H groups in total. The first kappa shape index (κ1) is 15.4. The van der Waals surface area contributed by atoms with Crippen LogP contribution in [0.2, 0.25) is 0 Å². The van der Waals surface area contributed by atoms with Gasteiger partial charge >= 0.3 is 35.5 Å². The topological polar surface area (TPSA) is 26.3 Å². The van der Waals surface area contributed by atoms with Crippen LogP contribution < -0.4 is 10.6 Å². The van der Waals surface area contributed by atoms with Crippen molar-refractivity contribution in [2.45, 2.75) is 6.92 Å². The first-order valence-corrected chi connectivity index (χ1v) is 6.62. The van der Waals surface area contributed by atoms with Gasteiger partial charge in [-0.05, 0) is 0 Å². The second kappa shape index (κ2) is 7.70. The van der Waals surface area contributed by atoms with Gasteiger partial charge in [0.2, 0.25) is 0 Å². The number of hydrogen-bond donors (Lipinski definition) is 0. The van der Waals surface area contributed by atoms with E-state index in [4.69, 9.17) is 4.52 Å². The Hall–Kier alpha value is -0.660. The molecule has 0 unspecified atom stereocenters. The maximum absolute atomic E-state index is 11.2. The van der Waals surface area contributed by atoms with Gasteiger partial charge in [-0.1, -0.05) is 60.7 Å². The summed E-state index contributed by atoms with van der Waals surface area (Å²) in [5.41, 5.74) is 0. The van der Waals surface area contributed by atoms with Gasteiger partial charge in [-0.15, -0.1) is 0 Å². The summed E-state index contributed by atoms with van der Waals surface area (Å²) in [7, 11) is -1.04. The molecule has 88 valence electrons. The molecule has 0 radical (unpaired) electrons. The third kappa shape index (κ3) is 4.22. The molecule has 0 bridgehead atoms. The molecule has 2 aromatic carbocycles. The van der Waals surface area contributed by atoms with Gasteiger partial charge in [0, 0.05) is 17.5 Å². The van der Waals surface area contributed by atoms with E-state index in [9.17, 15) is 4.79 Å². The molecule has 2 rings (SSSR count). The van der Waals surface area contributed by atoms with Gasteiger partial charge in [-0.2, -0.15) is 0 Å². The summed E-state index contributed by atoms with van der Waals surface area (Å²) < 4.78 is 5.45. The van der Waals surface area contributed by atoms with E-state index in [2.05, 4.69) is 0 Å². The van der Waals surface area contributed by atoms with Crippen LogP contribution in [-0.2, 0) is 9.32 Å². The number of carbonyl (C=O) groups is 1. The molecule has 0 saturated carbocycles. The predicted molar refractivity (Wildman–Crippen MR) is 78.0 cm³/mol. The molecule has 0 amide bonds. The van der Waals surface area contributed by atoms with Crippen molar-refractivity contribution >= 4 is 54.3 Å². The van der Waals surface area contributed by atoms with Crippen LogP contribution in [-0.4, -0.2) is 35.5 Å². The van der Waals surface area contributed by atoms with Gasteiger partial charge < -0.3 is 4.52 Å². The summed E-state index contributed by atoms with van der Waals surface area (Å²) in [6.45, 7) is 1.45. The third-order valence-corrected chi connectivity index (χ3v) is 4.18. The molecule has 0 fully saturated rings. The second-order valence-electron chi connectivity index (χ2n) is 3.55. The van der Waals surface area contributed by atoms with Gasteiger partial charge in [0.25, 0.3) is 0 Å². The van der Waals surface area contributed by atoms with Crippen LogP contribution in [0, 0.1) is 0 Å². The minimum atomic E-state index is -1.04. The Morgan fingerprint density at radius 1 is 0.889 bits per heavy atom. The molecule has 0 aliphatic heterocycles. The van der Waals surface area contributed by atoms with Crippen molar-refractivity contribution in [1.82, 2.24) is 0 Å². The standard InChI is InChI=1S/C14H13O2P.Na.H/c1-12(15)16-17(13-8-4-2-5-9-13)14-10-6-3-7-11-14;;/h2-11H,1H3;;. The number of rotatable bonds is 3. The Labute approximate surface area is 130 Å². The summed E-state index contributed by atoms with van der Waals surface area (Å²) in [5.74, 6) is -0.246. The van der Waals surface area contributed by atoms with Crippen LogP contribution in [0.5, 0.6) is 0 Å². The van der Waals surface area contributed by atoms with Gasteiger partial charge in [-0.3, -0.25) is 4.79 Å². The van der Waals surface area contributed by atoms with E-state index in [1.165, 1.54) is 6.92 Å². The molecule has 18 heavy (non-hydrogen) atoms. The molecule has 0 spiro atoms. The van der Waals surface area contributed by atoms with Crippen molar-refractivity contribution in [1.29, 1.82) is 0 Å². The van der Waals surface area contributed by atoms with Crippen LogP contribution in [0.4, 0.5) is 0 Å². The molecule has 0 aliphatic rings. The number of benzene rings is 2. The molecule has 0 aliphatic carbocycles. The van der Waals surface area contributed by atoms with Crippen LogP contribution in [0.1, 0.15) is 6.92 Å². The molecular formula is C14H14NaO2P. The molecule has 2 aromatic rings. The SMILES string of the molecule is CC(=O)OP(c1ccccc1)c1ccccc1.[NaH]. The molecule has 2 nitrogen and oxygen atoms in total. The van der Waals surface area contributed by atoms with Gasteiger partial charge in [0.1, 0.15) is 0 Å². The Morgan fingerprint density at radius 3 is 1.61 bits per heavy atom. The molecule has 0 aromatic heterocycles. The van der Waals surface area contributed by atoms with E-state index in [1.807, 2.05) is 60.7 Å². The van der Waals surface area contributed by atoms with Crippen molar-refractivity contribution in [2.75, 3.05) is 0 Å². The first-order valence-electron chi connectivity index (χ1n) is 5.36. The van der Waals surface area contributed by atoms with E-state index in [0.29, 0.717) is 0 Å². The number of carbonyl (C=O) groups excluding carboxylic acids is 1. The van der Waals surface area contributed by atoms with Crippen molar-refractivity contribution in [2.24, 2.45) is 0 Å². The van der Waals surface area contributed by atoms with Crippen molar-refractivity contribution in [3.05, 3.63) is 60.7 Å². The fraction of sp³-hybridized carbons (Fsp3) is 0.0714. The van der Waals surface area contributed by atoms with E-state index >= 15 is 0 Å². The fourth-order valence-corrected chi connectivity index (χ4v) is 3.16. The summed E-state index contributed by atoms with van der Waals surface area (Å²) in [5, 5.41) is 2.09. The van der Waals surface area contributed by atoms with E-state index in [0.717, 1.165) is 10.6 Å². The Balaban J connectivity index is 0.00000162. The Morgan fingerprint density at radius 2 is 1.28 bits per heavy atom. The molecule has 0 atom stereocenters. The zero-order valence-corrected chi connectivity index (χ0v) is 10.4. The first-order chi connectivity index (χ1) is 8.27. The Kier molecular flexibility index (Phi) is 6.59. The zero-order chi connectivity index (χ0) is 12.1. The van der Waals surface area contributed by atoms with Crippen molar-refractivity contribution in [3.8, 4) is 0 Å². The van der Waals surface area contributed by atoms with Crippen LogP contribution in [0.25, 0.3) is 0 Å². The van der Waals surface area contributed by atoms with E-state index in [1.54, 1.807) is 0 Å². The molecule has 4 heteroatoms. The monoisotopic (exact) mass is 268 g/mol. The van der Waals surface area contributed by atoms with Crippen molar-refractivity contribution in [3.63, 3.8) is 0 Å². The van der Waals surface area contributed by atoms with Crippen LogP contribution >= 0.6 is 8.15 Å². The Bertz CT molecular complexity index is 448. The van der Waals surface area contributed by atoms with E-state index < -0.39 is 8.15 Å². The van der Waals surface area contributed by atoms with E-state index in [-0.39, 0.29) is 35.5 Å². The normalized spacial score (nSPS) is 9.67.